The zero-order chi connectivity index (χ0) is 7.84. The summed E-state index contributed by atoms with van der Waals surface area (Å²) < 4.78 is 0. The molecule has 0 saturated carbocycles. The zero-order valence-electron chi connectivity index (χ0n) is 8.98. The lowest BCUT2D eigenvalue weighted by molar-refractivity contribution is 0.823. The number of fused-ring (bicyclic) bond motifs is 1. The maximum Gasteiger partial charge on any atom is 0.198 e. The highest BCUT2D eigenvalue weighted by Crippen LogP contribution is 2.15. The number of H-pyrrole nitrogens is 1. The van der Waals surface area contributed by atoms with Crippen LogP contribution < -0.4 is 5.73 Å². The Bertz CT molecular complexity index is 411. The summed E-state index contributed by atoms with van der Waals surface area (Å²) in [7, 11) is 0. The van der Waals surface area contributed by atoms with Crippen molar-refractivity contribution in [3.05, 3.63) is 23.8 Å². The van der Waals surface area contributed by atoms with Crippen molar-refractivity contribution in [3.63, 3.8) is 0 Å². The van der Waals surface area contributed by atoms with Crippen LogP contribution in [0.5, 0.6) is 0 Å². The highest BCUT2D eigenvalue weighted by Gasteiger charge is 1.99. The summed E-state index contributed by atoms with van der Waals surface area (Å²) in [5.74, 6) is 0.481. The number of aromatic amines is 1. The summed E-state index contributed by atoms with van der Waals surface area (Å²) in [6.45, 7) is 2.02. The third-order valence-corrected chi connectivity index (χ3v) is 1.73. The molecule has 0 radical (unpaired) electrons. The van der Waals surface area contributed by atoms with E-state index in [1.54, 1.807) is 0 Å². The van der Waals surface area contributed by atoms with Crippen LogP contribution in [0.1, 0.15) is 5.56 Å². The minimum Gasteiger partial charge on any atom is -0.412 e. The fraction of sp³-hybridized carbons (Fsp3) is 0.125. The van der Waals surface area contributed by atoms with Gasteiger partial charge in [0.1, 0.15) is 0 Å². The highest BCUT2D eigenvalue weighted by molar-refractivity contribution is 5.86. The standard InChI is InChI=1S/C8H9N3.3ClH.3H2O/c1-5-3-2-4-6-7(5)11-8(9)10-6;;;;;;/h2-4H,1H3,(H3,9,10,11);3*1H;3*1H2. The monoisotopic (exact) mass is 309 g/mol. The molecule has 17 heavy (non-hydrogen) atoms. The number of halogens is 3. The number of nitrogens with two attached hydrogens (primary N) is 1. The second-order valence-corrected chi connectivity index (χ2v) is 2.59. The Hall–Kier alpha value is -0.760. The molecule has 6 nitrogen and oxygen atoms in total. The molecule has 0 amide bonds. The van der Waals surface area contributed by atoms with Crippen molar-refractivity contribution in [3.8, 4) is 0 Å². The van der Waals surface area contributed by atoms with Gasteiger partial charge in [0.15, 0.2) is 5.95 Å². The van der Waals surface area contributed by atoms with Crippen LogP contribution >= 0.6 is 37.2 Å². The minimum absolute atomic E-state index is 0. The van der Waals surface area contributed by atoms with Crippen LogP contribution in [0.4, 0.5) is 5.95 Å². The summed E-state index contributed by atoms with van der Waals surface area (Å²) >= 11 is 0. The fourth-order valence-electron chi connectivity index (χ4n) is 1.19. The number of benzene rings is 1. The number of imidazole rings is 1. The second kappa shape index (κ2) is 11.7. The number of nitrogens with zero attached hydrogens (tertiary/aromatic N) is 1. The van der Waals surface area contributed by atoms with Crippen molar-refractivity contribution in [1.29, 1.82) is 0 Å². The van der Waals surface area contributed by atoms with Gasteiger partial charge < -0.3 is 27.1 Å². The molecule has 0 aliphatic heterocycles. The quantitative estimate of drug-likeness (QED) is 0.717. The molecule has 1 aromatic carbocycles. The Kier molecular flexibility index (Phi) is 20.6. The number of rotatable bonds is 0. The van der Waals surface area contributed by atoms with Gasteiger partial charge in [0, 0.05) is 0 Å². The maximum atomic E-state index is 5.49. The van der Waals surface area contributed by atoms with E-state index in [0.29, 0.717) is 5.95 Å². The molecule has 104 valence electrons. The first-order valence-corrected chi connectivity index (χ1v) is 3.48. The first-order valence-electron chi connectivity index (χ1n) is 3.48. The van der Waals surface area contributed by atoms with E-state index in [0.717, 1.165) is 16.6 Å². The molecule has 0 fully saturated rings. The third kappa shape index (κ3) is 5.92. The van der Waals surface area contributed by atoms with E-state index in [9.17, 15) is 0 Å². The Balaban J connectivity index is -0.0000000800. The SMILES string of the molecule is Cc1cccc2[nH]c(N)nc12.Cl.Cl.Cl.O.O.O. The fourth-order valence-corrected chi connectivity index (χ4v) is 1.19. The number of hydrogen-bond acceptors (Lipinski definition) is 2. The molecule has 0 spiro atoms. The van der Waals surface area contributed by atoms with Gasteiger partial charge in [-0.3, -0.25) is 0 Å². The van der Waals surface area contributed by atoms with E-state index < -0.39 is 0 Å². The third-order valence-electron chi connectivity index (χ3n) is 1.73. The van der Waals surface area contributed by atoms with E-state index in [4.69, 9.17) is 5.73 Å². The topological polar surface area (TPSA) is 149 Å². The molecule has 1 heterocycles. The van der Waals surface area contributed by atoms with Crippen molar-refractivity contribution < 1.29 is 16.4 Å². The molecule has 2 rings (SSSR count). The van der Waals surface area contributed by atoms with Gasteiger partial charge in [0.05, 0.1) is 11.0 Å². The molecule has 0 aliphatic carbocycles. The van der Waals surface area contributed by atoms with E-state index in [2.05, 4.69) is 9.97 Å². The van der Waals surface area contributed by atoms with Gasteiger partial charge in [0.2, 0.25) is 0 Å². The van der Waals surface area contributed by atoms with E-state index in [-0.39, 0.29) is 53.6 Å². The molecule has 0 saturated heterocycles. The molecule has 2 aromatic rings. The molecule has 0 bridgehead atoms. The van der Waals surface area contributed by atoms with Gasteiger partial charge in [-0.1, -0.05) is 12.1 Å². The van der Waals surface area contributed by atoms with Crippen LogP contribution in [0.3, 0.4) is 0 Å². The molecular formula is C8H18Cl3N3O3. The Labute approximate surface area is 117 Å². The molecule has 0 atom stereocenters. The first kappa shape index (κ1) is 29.9. The van der Waals surface area contributed by atoms with Crippen LogP contribution in [-0.4, -0.2) is 26.4 Å². The second-order valence-electron chi connectivity index (χ2n) is 2.59. The average molecular weight is 311 g/mol. The molecule has 1 aromatic heterocycles. The number of hydrogen-bond donors (Lipinski definition) is 2. The van der Waals surface area contributed by atoms with Gasteiger partial charge in [-0.25, -0.2) is 4.98 Å². The van der Waals surface area contributed by atoms with Crippen LogP contribution in [0, 0.1) is 6.92 Å². The summed E-state index contributed by atoms with van der Waals surface area (Å²) in [6.07, 6.45) is 0. The van der Waals surface area contributed by atoms with Crippen LogP contribution in [0.15, 0.2) is 18.2 Å². The Morgan fingerprint density at radius 3 is 2.06 bits per heavy atom. The number of aryl methyl sites for hydroxylation is 1. The number of anilines is 1. The summed E-state index contributed by atoms with van der Waals surface area (Å²) in [4.78, 5) is 7.10. The summed E-state index contributed by atoms with van der Waals surface area (Å²) in [5.41, 5.74) is 8.61. The molecule has 0 unspecified atom stereocenters. The summed E-state index contributed by atoms with van der Waals surface area (Å²) in [6, 6.07) is 5.96. The first-order chi connectivity index (χ1) is 5.27. The van der Waals surface area contributed by atoms with Crippen molar-refractivity contribution in [1.82, 2.24) is 9.97 Å². The number of aromatic nitrogens is 2. The number of nitrogens with one attached hydrogen (secondary N) is 1. The maximum absolute atomic E-state index is 5.49. The largest absolute Gasteiger partial charge is 0.412 e. The lowest BCUT2D eigenvalue weighted by atomic mass is 10.2. The minimum atomic E-state index is 0. The molecule has 9 N–H and O–H groups in total. The van der Waals surface area contributed by atoms with Gasteiger partial charge in [-0.05, 0) is 18.6 Å². The lowest BCUT2D eigenvalue weighted by Gasteiger charge is -1.90. The Morgan fingerprint density at radius 2 is 1.59 bits per heavy atom. The number of para-hydroxylation sites is 1. The smallest absolute Gasteiger partial charge is 0.198 e. The molecule has 9 heteroatoms. The van der Waals surface area contributed by atoms with Crippen molar-refractivity contribution >= 4 is 54.2 Å². The molecular weight excluding hydrogens is 292 g/mol. The van der Waals surface area contributed by atoms with E-state index in [1.165, 1.54) is 0 Å². The van der Waals surface area contributed by atoms with Crippen LogP contribution in [0.25, 0.3) is 11.0 Å². The molecule has 0 aliphatic rings. The normalized spacial score (nSPS) is 6.88. The highest BCUT2D eigenvalue weighted by atomic mass is 35.5. The predicted molar refractivity (Wildman–Crippen MR) is 77.8 cm³/mol. The lowest BCUT2D eigenvalue weighted by Crippen LogP contribution is -1.84. The van der Waals surface area contributed by atoms with Crippen molar-refractivity contribution in [2.75, 3.05) is 5.73 Å². The van der Waals surface area contributed by atoms with Crippen molar-refractivity contribution in [2.45, 2.75) is 6.92 Å². The van der Waals surface area contributed by atoms with Gasteiger partial charge in [-0.2, -0.15) is 0 Å². The summed E-state index contributed by atoms with van der Waals surface area (Å²) in [5, 5.41) is 0. The predicted octanol–water partition coefficient (Wildman–Crippen LogP) is 0.245. The zero-order valence-corrected chi connectivity index (χ0v) is 11.4. The Morgan fingerprint density at radius 1 is 1.06 bits per heavy atom. The van der Waals surface area contributed by atoms with Gasteiger partial charge >= 0.3 is 0 Å². The van der Waals surface area contributed by atoms with Gasteiger partial charge in [0.25, 0.3) is 0 Å². The number of nitrogen functional groups attached to an aromatic ring is 1. The van der Waals surface area contributed by atoms with Gasteiger partial charge in [-0.15, -0.1) is 37.2 Å². The average Bonchev–Trinajstić information content (AvgIpc) is 2.31. The van der Waals surface area contributed by atoms with E-state index in [1.807, 2.05) is 25.1 Å². The van der Waals surface area contributed by atoms with Crippen molar-refractivity contribution in [2.24, 2.45) is 0 Å². The van der Waals surface area contributed by atoms with E-state index >= 15 is 0 Å². The van der Waals surface area contributed by atoms with Crippen LogP contribution in [-0.2, 0) is 0 Å². The van der Waals surface area contributed by atoms with Crippen LogP contribution in [0.2, 0.25) is 0 Å².